The first kappa shape index (κ1) is 23.0. The third kappa shape index (κ3) is 6.27. The molecule has 2 rings (SSSR count). The summed E-state index contributed by atoms with van der Waals surface area (Å²) in [6.07, 6.45) is 0. The first-order valence-corrected chi connectivity index (χ1v) is 7.85. The van der Waals surface area contributed by atoms with Gasteiger partial charge in [0.1, 0.15) is 12.4 Å². The number of amides is 1. The predicted octanol–water partition coefficient (Wildman–Crippen LogP) is 2.73. The van der Waals surface area contributed by atoms with Gasteiger partial charge in [-0.3, -0.25) is 25.0 Å². The molecule has 1 N–H and O–H groups in total. The highest BCUT2D eigenvalue weighted by atomic mass is 16.6. The summed E-state index contributed by atoms with van der Waals surface area (Å²) in [5, 5.41) is 24.2. The van der Waals surface area contributed by atoms with Crippen LogP contribution in [0.2, 0.25) is 0 Å². The molecule has 2 aromatic carbocycles. The second-order valence-corrected chi connectivity index (χ2v) is 5.37. The van der Waals surface area contributed by atoms with E-state index in [1.807, 2.05) is 0 Å². The van der Waals surface area contributed by atoms with Crippen LogP contribution in [0.3, 0.4) is 0 Å². The van der Waals surface area contributed by atoms with Crippen molar-refractivity contribution in [2.24, 2.45) is 0 Å². The van der Waals surface area contributed by atoms with Crippen LogP contribution >= 0.6 is 0 Å². The van der Waals surface area contributed by atoms with Gasteiger partial charge in [0.05, 0.1) is 40.7 Å². The molecular weight excluding hydrogens is 386 g/mol. The summed E-state index contributed by atoms with van der Waals surface area (Å²) in [6, 6.07) is 8.82. The Balaban J connectivity index is 0.00000420. The molecule has 0 aliphatic carbocycles. The fourth-order valence-corrected chi connectivity index (χ4v) is 2.18. The maximum Gasteiger partial charge on any atom is 0.337 e. The van der Waals surface area contributed by atoms with Crippen LogP contribution < -0.4 is 10.1 Å². The number of non-ortho nitro benzene ring substituents is 2. The van der Waals surface area contributed by atoms with Gasteiger partial charge in [0, 0.05) is 12.1 Å². The lowest BCUT2D eigenvalue weighted by molar-refractivity contribution is -0.394. The summed E-state index contributed by atoms with van der Waals surface area (Å²) in [7, 11) is 1.27. The van der Waals surface area contributed by atoms with Crippen molar-refractivity contribution in [1.82, 2.24) is 5.32 Å². The van der Waals surface area contributed by atoms with Gasteiger partial charge in [0.15, 0.2) is 0 Å². The van der Waals surface area contributed by atoms with Crippen molar-refractivity contribution in [1.29, 1.82) is 0 Å². The number of carbonyl (C=O) groups excluding carboxylic acids is 2. The van der Waals surface area contributed by atoms with Crippen LogP contribution in [0.25, 0.3) is 0 Å². The molecule has 0 unspecified atom stereocenters. The summed E-state index contributed by atoms with van der Waals surface area (Å²) < 4.78 is 9.98. The number of hydrogen-bond donors (Lipinski definition) is 1. The van der Waals surface area contributed by atoms with Gasteiger partial charge in [-0.25, -0.2) is 4.79 Å². The molecule has 154 valence electrons. The first-order valence-electron chi connectivity index (χ1n) is 7.85. The van der Waals surface area contributed by atoms with Gasteiger partial charge in [-0.1, -0.05) is 7.43 Å². The van der Waals surface area contributed by atoms with Crippen molar-refractivity contribution in [3.05, 3.63) is 73.8 Å². The zero-order valence-electron chi connectivity index (χ0n) is 14.6. The Morgan fingerprint density at radius 2 is 1.52 bits per heavy atom. The lowest BCUT2D eigenvalue weighted by Gasteiger charge is -2.08. The third-order valence-electron chi connectivity index (χ3n) is 3.52. The molecule has 0 aliphatic heterocycles. The van der Waals surface area contributed by atoms with Crippen LogP contribution in [0.15, 0.2) is 42.5 Å². The summed E-state index contributed by atoms with van der Waals surface area (Å²) in [5.41, 5.74) is -0.957. The Kier molecular flexibility index (Phi) is 8.22. The minimum Gasteiger partial charge on any atom is -0.492 e. The second-order valence-electron chi connectivity index (χ2n) is 5.37. The first-order chi connectivity index (χ1) is 13.3. The topological polar surface area (TPSA) is 151 Å². The SMILES string of the molecule is C.COC(=O)c1ccc(OCCNC(=O)c2cc([N+](=O)[O-])cc([N+](=O)[O-])c2)cc1. The highest BCUT2D eigenvalue weighted by Gasteiger charge is 2.19. The molecule has 11 heteroatoms. The Morgan fingerprint density at radius 1 is 0.966 bits per heavy atom. The quantitative estimate of drug-likeness (QED) is 0.305. The van der Waals surface area contributed by atoms with Crippen LogP contribution in [0.5, 0.6) is 5.75 Å². The minimum absolute atomic E-state index is 0. The van der Waals surface area contributed by atoms with Crippen LogP contribution in [0.4, 0.5) is 11.4 Å². The van der Waals surface area contributed by atoms with Crippen molar-refractivity contribution in [2.45, 2.75) is 7.43 Å². The van der Waals surface area contributed by atoms with Crippen molar-refractivity contribution in [2.75, 3.05) is 20.3 Å². The molecule has 0 bridgehead atoms. The molecule has 0 saturated heterocycles. The molecule has 0 saturated carbocycles. The van der Waals surface area contributed by atoms with Gasteiger partial charge >= 0.3 is 5.97 Å². The lowest BCUT2D eigenvalue weighted by atomic mass is 10.1. The zero-order valence-corrected chi connectivity index (χ0v) is 14.6. The summed E-state index contributed by atoms with van der Waals surface area (Å²) in [5.74, 6) is -0.741. The Labute approximate surface area is 165 Å². The molecule has 1 amide bonds. The van der Waals surface area contributed by atoms with Crippen LogP contribution in [0.1, 0.15) is 28.1 Å². The molecular formula is C18H19N3O8. The number of esters is 1. The molecule has 0 spiro atoms. The van der Waals surface area contributed by atoms with Crippen molar-refractivity contribution >= 4 is 23.3 Å². The highest BCUT2D eigenvalue weighted by Crippen LogP contribution is 2.22. The fraction of sp³-hybridized carbons (Fsp3) is 0.222. The van der Waals surface area contributed by atoms with Crippen molar-refractivity contribution < 1.29 is 28.9 Å². The molecule has 0 atom stereocenters. The largest absolute Gasteiger partial charge is 0.492 e. The van der Waals surface area contributed by atoms with E-state index in [0.29, 0.717) is 11.3 Å². The molecule has 29 heavy (non-hydrogen) atoms. The maximum absolute atomic E-state index is 12.1. The van der Waals surface area contributed by atoms with Crippen molar-refractivity contribution in [3.63, 3.8) is 0 Å². The van der Waals surface area contributed by atoms with Gasteiger partial charge in [0.2, 0.25) is 0 Å². The number of nitro groups is 2. The van der Waals surface area contributed by atoms with Gasteiger partial charge in [-0.15, -0.1) is 0 Å². The maximum atomic E-state index is 12.1. The number of nitrogens with zero attached hydrogens (tertiary/aromatic N) is 2. The summed E-state index contributed by atoms with van der Waals surface area (Å²) in [6.45, 7) is 0.119. The van der Waals surface area contributed by atoms with E-state index in [4.69, 9.17) is 4.74 Å². The number of rotatable bonds is 8. The highest BCUT2D eigenvalue weighted by molar-refractivity contribution is 5.95. The van der Waals surface area contributed by atoms with E-state index in [1.54, 1.807) is 12.1 Å². The van der Waals surface area contributed by atoms with Gasteiger partial charge in [-0.2, -0.15) is 0 Å². The standard InChI is InChI=1S/C17H15N3O8.CH4/c1-27-17(22)11-2-4-15(5-3-11)28-7-6-18-16(21)12-8-13(19(23)24)10-14(9-12)20(25)26;/h2-5,8-10H,6-7H2,1H3,(H,18,21);1H4. The van der Waals surface area contributed by atoms with E-state index >= 15 is 0 Å². The van der Waals surface area contributed by atoms with Gasteiger partial charge in [-0.05, 0) is 24.3 Å². The number of carbonyl (C=O) groups is 2. The number of hydrogen-bond acceptors (Lipinski definition) is 8. The van der Waals surface area contributed by atoms with Gasteiger partial charge < -0.3 is 14.8 Å². The molecule has 0 aliphatic rings. The molecule has 0 heterocycles. The minimum atomic E-state index is -0.815. The van der Waals surface area contributed by atoms with E-state index in [-0.39, 0.29) is 26.1 Å². The Bertz CT molecular complexity index is 880. The molecule has 2 aromatic rings. The van der Waals surface area contributed by atoms with Crippen LogP contribution in [-0.2, 0) is 4.74 Å². The normalized spacial score (nSPS) is 9.69. The van der Waals surface area contributed by atoms with Crippen molar-refractivity contribution in [3.8, 4) is 5.75 Å². The number of nitrogens with one attached hydrogen (secondary N) is 1. The van der Waals surface area contributed by atoms with Crippen LogP contribution in [0, 0.1) is 20.2 Å². The van der Waals surface area contributed by atoms with Crippen LogP contribution in [-0.4, -0.2) is 42.0 Å². The summed E-state index contributed by atoms with van der Waals surface area (Å²) >= 11 is 0. The van der Waals surface area contributed by atoms with E-state index in [2.05, 4.69) is 10.1 Å². The third-order valence-corrected chi connectivity index (χ3v) is 3.52. The van der Waals surface area contributed by atoms with E-state index in [0.717, 1.165) is 18.2 Å². The molecule has 0 radical (unpaired) electrons. The van der Waals surface area contributed by atoms with E-state index < -0.39 is 33.1 Å². The lowest BCUT2D eigenvalue weighted by Crippen LogP contribution is -2.28. The number of nitro benzene ring substituents is 2. The Hall–Kier alpha value is -4.02. The number of benzene rings is 2. The average molecular weight is 405 g/mol. The number of ether oxygens (including phenoxy) is 2. The average Bonchev–Trinajstić information content (AvgIpc) is 2.70. The molecule has 0 aromatic heterocycles. The molecule has 11 nitrogen and oxygen atoms in total. The fourth-order valence-electron chi connectivity index (χ4n) is 2.18. The molecule has 0 fully saturated rings. The number of methoxy groups -OCH3 is 1. The van der Waals surface area contributed by atoms with Gasteiger partial charge in [0.25, 0.3) is 17.3 Å². The summed E-state index contributed by atoms with van der Waals surface area (Å²) in [4.78, 5) is 43.5. The smallest absolute Gasteiger partial charge is 0.337 e. The van der Waals surface area contributed by atoms with E-state index in [9.17, 15) is 29.8 Å². The Morgan fingerprint density at radius 3 is 2.00 bits per heavy atom. The van der Waals surface area contributed by atoms with E-state index in [1.165, 1.54) is 19.2 Å². The monoisotopic (exact) mass is 405 g/mol. The predicted molar refractivity (Wildman–Crippen MR) is 102 cm³/mol. The zero-order chi connectivity index (χ0) is 20.7. The second kappa shape index (κ2) is 10.3.